The van der Waals surface area contributed by atoms with Crippen LogP contribution in [0.3, 0.4) is 0 Å². The van der Waals surface area contributed by atoms with Gasteiger partial charge in [0, 0.05) is 18.9 Å². The summed E-state index contributed by atoms with van der Waals surface area (Å²) >= 11 is 0. The Bertz CT molecular complexity index is 801. The van der Waals surface area contributed by atoms with Gasteiger partial charge in [-0.2, -0.15) is 5.10 Å². The molecule has 0 amide bonds. The molecule has 24 heavy (non-hydrogen) atoms. The Kier molecular flexibility index (Phi) is 3.86. The molecule has 122 valence electrons. The smallest absolute Gasteiger partial charge is 0.173 e. The Morgan fingerprint density at radius 3 is 2.71 bits per heavy atom. The first-order chi connectivity index (χ1) is 11.8. The van der Waals surface area contributed by atoms with Crippen molar-refractivity contribution in [3.8, 4) is 11.6 Å². The lowest BCUT2D eigenvalue weighted by Gasteiger charge is -2.26. The molecular weight excluding hydrogens is 302 g/mol. The van der Waals surface area contributed by atoms with Crippen molar-refractivity contribution >= 4 is 5.82 Å². The lowest BCUT2D eigenvalue weighted by Crippen LogP contribution is -2.24. The molecule has 6 heteroatoms. The number of rotatable bonds is 4. The fraction of sp³-hybridized carbons (Fsp3) is 0.278. The zero-order chi connectivity index (χ0) is 16.4. The molecule has 0 bridgehead atoms. The standard InChI is InChI=1S/C18H19N5O/c1-24-15-7-5-14(6-8-15)16-4-2-10-22(16)17-12-19-13-18(21-17)23-11-3-9-20-23/h3,5-9,11-13,16H,2,4,10H2,1H3/t16-/m0/s1. The molecule has 0 spiro atoms. The van der Waals surface area contributed by atoms with E-state index in [0.717, 1.165) is 36.8 Å². The lowest BCUT2D eigenvalue weighted by molar-refractivity contribution is 0.414. The first-order valence-electron chi connectivity index (χ1n) is 8.08. The number of benzene rings is 1. The summed E-state index contributed by atoms with van der Waals surface area (Å²) in [7, 11) is 1.69. The molecule has 0 aliphatic carbocycles. The highest BCUT2D eigenvalue weighted by atomic mass is 16.5. The monoisotopic (exact) mass is 321 g/mol. The van der Waals surface area contributed by atoms with Gasteiger partial charge in [-0.1, -0.05) is 12.1 Å². The van der Waals surface area contributed by atoms with Gasteiger partial charge >= 0.3 is 0 Å². The highest BCUT2D eigenvalue weighted by molar-refractivity contribution is 5.45. The van der Waals surface area contributed by atoms with Crippen LogP contribution in [0.2, 0.25) is 0 Å². The van der Waals surface area contributed by atoms with E-state index in [0.29, 0.717) is 6.04 Å². The summed E-state index contributed by atoms with van der Waals surface area (Å²) in [4.78, 5) is 11.4. The van der Waals surface area contributed by atoms with Gasteiger partial charge in [0.2, 0.25) is 0 Å². The molecule has 1 aliphatic heterocycles. The van der Waals surface area contributed by atoms with E-state index in [-0.39, 0.29) is 0 Å². The summed E-state index contributed by atoms with van der Waals surface area (Å²) in [6, 6.07) is 10.5. The normalized spacial score (nSPS) is 17.2. The van der Waals surface area contributed by atoms with E-state index in [1.165, 1.54) is 5.56 Å². The maximum Gasteiger partial charge on any atom is 0.173 e. The van der Waals surface area contributed by atoms with Crippen LogP contribution in [0.15, 0.2) is 55.1 Å². The zero-order valence-electron chi connectivity index (χ0n) is 13.5. The summed E-state index contributed by atoms with van der Waals surface area (Å²) in [5.74, 6) is 2.50. The second-order valence-electron chi connectivity index (χ2n) is 5.81. The summed E-state index contributed by atoms with van der Waals surface area (Å²) in [5, 5.41) is 4.23. The molecule has 0 unspecified atom stereocenters. The van der Waals surface area contributed by atoms with Gasteiger partial charge in [-0.25, -0.2) is 9.67 Å². The van der Waals surface area contributed by atoms with Gasteiger partial charge in [-0.05, 0) is 36.6 Å². The van der Waals surface area contributed by atoms with Crippen molar-refractivity contribution in [3.05, 3.63) is 60.7 Å². The van der Waals surface area contributed by atoms with Crippen molar-refractivity contribution in [3.63, 3.8) is 0 Å². The van der Waals surface area contributed by atoms with E-state index in [2.05, 4.69) is 27.1 Å². The third-order valence-corrected chi connectivity index (χ3v) is 4.40. The third kappa shape index (κ3) is 2.71. The van der Waals surface area contributed by atoms with E-state index < -0.39 is 0 Å². The molecular formula is C18H19N5O. The Morgan fingerprint density at radius 2 is 1.96 bits per heavy atom. The van der Waals surface area contributed by atoms with Gasteiger partial charge in [0.05, 0.1) is 25.5 Å². The quantitative estimate of drug-likeness (QED) is 0.739. The summed E-state index contributed by atoms with van der Waals surface area (Å²) in [6.07, 6.45) is 9.43. The number of nitrogens with zero attached hydrogens (tertiary/aromatic N) is 5. The van der Waals surface area contributed by atoms with Gasteiger partial charge in [0.25, 0.3) is 0 Å². The Labute approximate surface area is 140 Å². The van der Waals surface area contributed by atoms with Crippen molar-refractivity contribution in [2.75, 3.05) is 18.6 Å². The SMILES string of the molecule is COc1ccc([C@@H]2CCCN2c2cncc(-n3cccn3)n2)cc1. The Hall–Kier alpha value is -2.89. The van der Waals surface area contributed by atoms with Gasteiger partial charge in [0.15, 0.2) is 5.82 Å². The molecule has 1 aromatic carbocycles. The minimum absolute atomic E-state index is 0.318. The highest BCUT2D eigenvalue weighted by Crippen LogP contribution is 2.35. The predicted octanol–water partition coefficient (Wildman–Crippen LogP) is 3.01. The predicted molar refractivity (Wildman–Crippen MR) is 91.5 cm³/mol. The molecule has 6 nitrogen and oxygen atoms in total. The van der Waals surface area contributed by atoms with E-state index in [4.69, 9.17) is 9.72 Å². The number of hydrogen-bond acceptors (Lipinski definition) is 5. The Morgan fingerprint density at radius 1 is 1.12 bits per heavy atom. The molecule has 3 heterocycles. The number of aromatic nitrogens is 4. The van der Waals surface area contributed by atoms with Crippen LogP contribution in [0.25, 0.3) is 5.82 Å². The van der Waals surface area contributed by atoms with E-state index in [9.17, 15) is 0 Å². The van der Waals surface area contributed by atoms with Crippen LogP contribution >= 0.6 is 0 Å². The summed E-state index contributed by atoms with van der Waals surface area (Å²) in [6.45, 7) is 0.980. The van der Waals surface area contributed by atoms with Crippen LogP contribution in [0, 0.1) is 0 Å². The first kappa shape index (κ1) is 14.7. The van der Waals surface area contributed by atoms with Gasteiger partial charge in [0.1, 0.15) is 11.6 Å². The van der Waals surface area contributed by atoms with E-state index in [1.807, 2.05) is 30.6 Å². The van der Waals surface area contributed by atoms with Crippen LogP contribution in [0.1, 0.15) is 24.4 Å². The highest BCUT2D eigenvalue weighted by Gasteiger charge is 2.27. The minimum atomic E-state index is 0.318. The number of anilines is 1. The molecule has 2 aromatic heterocycles. The largest absolute Gasteiger partial charge is 0.497 e. The van der Waals surface area contributed by atoms with Crippen LogP contribution in [0.5, 0.6) is 5.75 Å². The van der Waals surface area contributed by atoms with Crippen LogP contribution in [0.4, 0.5) is 5.82 Å². The summed E-state index contributed by atoms with van der Waals surface area (Å²) in [5.41, 5.74) is 1.28. The second kappa shape index (κ2) is 6.31. The molecule has 1 atom stereocenters. The van der Waals surface area contributed by atoms with Crippen LogP contribution in [-0.4, -0.2) is 33.4 Å². The molecule has 0 saturated carbocycles. The number of hydrogen-bond donors (Lipinski definition) is 0. The lowest BCUT2D eigenvalue weighted by atomic mass is 10.0. The zero-order valence-corrected chi connectivity index (χ0v) is 13.5. The molecule has 1 saturated heterocycles. The Balaban J connectivity index is 1.64. The minimum Gasteiger partial charge on any atom is -0.497 e. The average molecular weight is 321 g/mol. The third-order valence-electron chi connectivity index (χ3n) is 4.40. The second-order valence-corrected chi connectivity index (χ2v) is 5.81. The number of ether oxygens (including phenoxy) is 1. The molecule has 0 radical (unpaired) electrons. The van der Waals surface area contributed by atoms with Gasteiger partial charge in [-0.3, -0.25) is 4.98 Å². The first-order valence-corrected chi connectivity index (χ1v) is 8.08. The average Bonchev–Trinajstić information content (AvgIpc) is 3.34. The van der Waals surface area contributed by atoms with Gasteiger partial charge in [-0.15, -0.1) is 0 Å². The van der Waals surface area contributed by atoms with Crippen molar-refractivity contribution in [2.45, 2.75) is 18.9 Å². The maximum atomic E-state index is 5.25. The molecule has 1 aliphatic rings. The van der Waals surface area contributed by atoms with Gasteiger partial charge < -0.3 is 9.64 Å². The molecule has 3 aromatic rings. The van der Waals surface area contributed by atoms with Crippen molar-refractivity contribution in [2.24, 2.45) is 0 Å². The maximum absolute atomic E-state index is 5.25. The summed E-state index contributed by atoms with van der Waals surface area (Å²) < 4.78 is 6.99. The van der Waals surface area contributed by atoms with Crippen LogP contribution in [-0.2, 0) is 0 Å². The molecule has 4 rings (SSSR count). The fourth-order valence-corrected chi connectivity index (χ4v) is 3.21. The van der Waals surface area contributed by atoms with Crippen molar-refractivity contribution in [1.82, 2.24) is 19.7 Å². The van der Waals surface area contributed by atoms with Crippen molar-refractivity contribution < 1.29 is 4.74 Å². The fourth-order valence-electron chi connectivity index (χ4n) is 3.21. The van der Waals surface area contributed by atoms with E-state index in [1.54, 1.807) is 24.2 Å². The van der Waals surface area contributed by atoms with Crippen molar-refractivity contribution in [1.29, 1.82) is 0 Å². The van der Waals surface area contributed by atoms with Crippen LogP contribution < -0.4 is 9.64 Å². The topological polar surface area (TPSA) is 56.1 Å². The molecule has 0 N–H and O–H groups in total. The van der Waals surface area contributed by atoms with E-state index >= 15 is 0 Å². The molecule has 1 fully saturated rings. The number of methoxy groups -OCH3 is 1.